The van der Waals surface area contributed by atoms with Crippen molar-refractivity contribution >= 4 is 46.4 Å². The lowest BCUT2D eigenvalue weighted by molar-refractivity contribution is 0.102. The van der Waals surface area contributed by atoms with Gasteiger partial charge in [0.1, 0.15) is 0 Å². The highest BCUT2D eigenvalue weighted by Crippen LogP contribution is 2.22. The predicted octanol–water partition coefficient (Wildman–Crippen LogP) is 4.90. The normalized spacial score (nSPS) is 10.2. The lowest BCUT2D eigenvalue weighted by Gasteiger charge is -2.07. The number of hydrogen-bond acceptors (Lipinski definition) is 1. The quantitative estimate of drug-likeness (QED) is 0.840. The highest BCUT2D eigenvalue weighted by molar-refractivity contribution is 6.36. The Morgan fingerprint density at radius 3 is 2.17 bits per heavy atom. The molecule has 0 atom stereocenters. The third-order valence-corrected chi connectivity index (χ3v) is 3.09. The molecule has 0 spiro atoms. The van der Waals surface area contributed by atoms with Crippen LogP contribution in [-0.4, -0.2) is 5.91 Å². The first-order chi connectivity index (χ1) is 8.56. The van der Waals surface area contributed by atoms with Crippen LogP contribution in [0.25, 0.3) is 0 Å². The van der Waals surface area contributed by atoms with Crippen LogP contribution < -0.4 is 5.32 Å². The number of hydrogen-bond donors (Lipinski definition) is 1. The van der Waals surface area contributed by atoms with Gasteiger partial charge in [-0.05, 0) is 42.5 Å². The second kappa shape index (κ2) is 5.61. The molecule has 0 bridgehead atoms. The monoisotopic (exact) mass is 299 g/mol. The zero-order valence-corrected chi connectivity index (χ0v) is 11.4. The summed E-state index contributed by atoms with van der Waals surface area (Å²) in [5.41, 5.74) is 0.972. The topological polar surface area (TPSA) is 29.1 Å². The van der Waals surface area contributed by atoms with Crippen LogP contribution in [0.15, 0.2) is 42.5 Å². The Bertz CT molecular complexity index is 581. The minimum absolute atomic E-state index is 0.315. The van der Waals surface area contributed by atoms with E-state index in [1.165, 1.54) is 6.07 Å². The van der Waals surface area contributed by atoms with Gasteiger partial charge in [-0.15, -0.1) is 0 Å². The second-order valence-electron chi connectivity index (χ2n) is 3.59. The number of anilines is 1. The molecular weight excluding hydrogens is 293 g/mol. The highest BCUT2D eigenvalue weighted by Gasteiger charge is 2.11. The van der Waals surface area contributed by atoms with Crippen LogP contribution in [0, 0.1) is 0 Å². The molecule has 0 aliphatic heterocycles. The molecule has 1 N–H and O–H groups in total. The summed E-state index contributed by atoms with van der Waals surface area (Å²) >= 11 is 17.5. The Morgan fingerprint density at radius 2 is 1.50 bits per heavy atom. The first-order valence-corrected chi connectivity index (χ1v) is 6.21. The first-order valence-electron chi connectivity index (χ1n) is 5.08. The Balaban J connectivity index is 2.21. The minimum Gasteiger partial charge on any atom is -0.322 e. The van der Waals surface area contributed by atoms with Crippen LogP contribution in [0.5, 0.6) is 0 Å². The van der Waals surface area contributed by atoms with Gasteiger partial charge in [-0.2, -0.15) is 0 Å². The van der Waals surface area contributed by atoms with E-state index in [9.17, 15) is 4.79 Å². The van der Waals surface area contributed by atoms with E-state index in [0.29, 0.717) is 26.3 Å². The Hall–Kier alpha value is -1.22. The largest absolute Gasteiger partial charge is 0.322 e. The van der Waals surface area contributed by atoms with E-state index in [1.54, 1.807) is 36.4 Å². The standard InChI is InChI=1S/C13H8Cl3NO/c14-8-1-4-10(5-2-8)17-13(18)11-7-9(15)3-6-12(11)16/h1-7H,(H,17,18). The van der Waals surface area contributed by atoms with Crippen LogP contribution in [0.1, 0.15) is 10.4 Å². The van der Waals surface area contributed by atoms with Crippen molar-refractivity contribution in [3.05, 3.63) is 63.1 Å². The molecule has 0 fully saturated rings. The van der Waals surface area contributed by atoms with Crippen LogP contribution in [0.4, 0.5) is 5.69 Å². The molecule has 0 aliphatic rings. The molecule has 0 heterocycles. The lowest BCUT2D eigenvalue weighted by atomic mass is 10.2. The minimum atomic E-state index is -0.315. The van der Waals surface area contributed by atoms with E-state index in [4.69, 9.17) is 34.8 Å². The van der Waals surface area contributed by atoms with Crippen molar-refractivity contribution in [1.29, 1.82) is 0 Å². The maximum absolute atomic E-state index is 12.0. The Morgan fingerprint density at radius 1 is 0.889 bits per heavy atom. The molecule has 2 aromatic carbocycles. The fourth-order valence-electron chi connectivity index (χ4n) is 1.40. The van der Waals surface area contributed by atoms with Crippen molar-refractivity contribution in [1.82, 2.24) is 0 Å². The van der Waals surface area contributed by atoms with Crippen LogP contribution in [0.2, 0.25) is 15.1 Å². The van der Waals surface area contributed by atoms with Gasteiger partial charge in [0, 0.05) is 15.7 Å². The first kappa shape index (κ1) is 13.2. The SMILES string of the molecule is O=C(Nc1ccc(Cl)cc1)c1cc(Cl)ccc1Cl. The van der Waals surface area contributed by atoms with Crippen LogP contribution in [-0.2, 0) is 0 Å². The maximum atomic E-state index is 12.0. The van der Waals surface area contributed by atoms with E-state index in [1.807, 2.05) is 0 Å². The molecule has 0 saturated heterocycles. The molecular formula is C13H8Cl3NO. The number of carbonyl (C=O) groups is 1. The van der Waals surface area contributed by atoms with Gasteiger partial charge in [0.25, 0.3) is 5.91 Å². The third kappa shape index (κ3) is 3.16. The molecule has 92 valence electrons. The van der Waals surface area contributed by atoms with E-state index in [-0.39, 0.29) is 5.91 Å². The number of rotatable bonds is 2. The van der Waals surface area contributed by atoms with Gasteiger partial charge in [0.05, 0.1) is 10.6 Å². The van der Waals surface area contributed by atoms with Gasteiger partial charge in [-0.1, -0.05) is 34.8 Å². The summed E-state index contributed by atoms with van der Waals surface area (Å²) in [6.45, 7) is 0. The number of benzene rings is 2. The number of amides is 1. The predicted molar refractivity (Wildman–Crippen MR) is 75.9 cm³/mol. The zero-order chi connectivity index (χ0) is 13.1. The molecule has 18 heavy (non-hydrogen) atoms. The van der Waals surface area contributed by atoms with Crippen molar-refractivity contribution < 1.29 is 4.79 Å². The summed E-state index contributed by atoms with van der Waals surface area (Å²) in [6.07, 6.45) is 0. The van der Waals surface area contributed by atoms with Crippen molar-refractivity contribution in [2.24, 2.45) is 0 Å². The number of carbonyl (C=O) groups excluding carboxylic acids is 1. The smallest absolute Gasteiger partial charge is 0.257 e. The van der Waals surface area contributed by atoms with Gasteiger partial charge in [0.15, 0.2) is 0 Å². The van der Waals surface area contributed by atoms with Gasteiger partial charge in [-0.25, -0.2) is 0 Å². The van der Waals surface area contributed by atoms with Crippen molar-refractivity contribution in [3.8, 4) is 0 Å². The average molecular weight is 301 g/mol. The van der Waals surface area contributed by atoms with Gasteiger partial charge in [-0.3, -0.25) is 4.79 Å². The van der Waals surface area contributed by atoms with Gasteiger partial charge in [0.2, 0.25) is 0 Å². The second-order valence-corrected chi connectivity index (χ2v) is 4.87. The summed E-state index contributed by atoms with van der Waals surface area (Å²) in [6, 6.07) is 11.5. The van der Waals surface area contributed by atoms with Crippen LogP contribution in [0.3, 0.4) is 0 Å². The van der Waals surface area contributed by atoms with Crippen molar-refractivity contribution in [2.45, 2.75) is 0 Å². The lowest BCUT2D eigenvalue weighted by Crippen LogP contribution is -2.12. The Kier molecular flexibility index (Phi) is 4.12. The molecule has 2 nitrogen and oxygen atoms in total. The fourth-order valence-corrected chi connectivity index (χ4v) is 1.90. The molecule has 5 heteroatoms. The van der Waals surface area contributed by atoms with Gasteiger partial charge >= 0.3 is 0 Å². The maximum Gasteiger partial charge on any atom is 0.257 e. The summed E-state index contributed by atoms with van der Waals surface area (Å²) in [5.74, 6) is -0.315. The van der Waals surface area contributed by atoms with Crippen molar-refractivity contribution in [3.63, 3.8) is 0 Å². The number of halogens is 3. The molecule has 0 radical (unpaired) electrons. The molecule has 0 aromatic heterocycles. The molecule has 1 amide bonds. The van der Waals surface area contributed by atoms with Crippen molar-refractivity contribution in [2.75, 3.05) is 5.32 Å². The fraction of sp³-hybridized carbons (Fsp3) is 0. The Labute approximate surface area is 119 Å². The molecule has 0 unspecified atom stereocenters. The summed E-state index contributed by atoms with van der Waals surface area (Å²) in [4.78, 5) is 12.0. The molecule has 2 aromatic rings. The number of nitrogens with one attached hydrogen (secondary N) is 1. The zero-order valence-electron chi connectivity index (χ0n) is 9.08. The average Bonchev–Trinajstić information content (AvgIpc) is 2.35. The van der Waals surface area contributed by atoms with Crippen LogP contribution >= 0.6 is 34.8 Å². The van der Waals surface area contributed by atoms with E-state index >= 15 is 0 Å². The summed E-state index contributed by atoms with van der Waals surface area (Å²) < 4.78 is 0. The summed E-state index contributed by atoms with van der Waals surface area (Å²) in [5, 5.41) is 4.13. The highest BCUT2D eigenvalue weighted by atomic mass is 35.5. The summed E-state index contributed by atoms with van der Waals surface area (Å²) in [7, 11) is 0. The van der Waals surface area contributed by atoms with E-state index in [2.05, 4.69) is 5.32 Å². The third-order valence-electron chi connectivity index (χ3n) is 2.28. The molecule has 0 aliphatic carbocycles. The molecule has 2 rings (SSSR count). The van der Waals surface area contributed by atoms with E-state index < -0.39 is 0 Å². The van der Waals surface area contributed by atoms with E-state index in [0.717, 1.165) is 0 Å². The molecule has 0 saturated carbocycles. The van der Waals surface area contributed by atoms with Gasteiger partial charge < -0.3 is 5.32 Å².